The van der Waals surface area contributed by atoms with Crippen LogP contribution in [0.25, 0.3) is 0 Å². The Bertz CT molecular complexity index is 584. The first-order chi connectivity index (χ1) is 12.6. The molecule has 2 rings (SSSR count). The van der Waals surface area contributed by atoms with Crippen LogP contribution >= 0.6 is 11.6 Å². The van der Waals surface area contributed by atoms with Crippen LogP contribution in [0.15, 0.2) is 29.3 Å². The molecule has 1 fully saturated rings. The van der Waals surface area contributed by atoms with Crippen molar-refractivity contribution in [1.29, 1.82) is 0 Å². The van der Waals surface area contributed by atoms with Gasteiger partial charge in [0.1, 0.15) is 0 Å². The molecule has 0 bridgehead atoms. The summed E-state index contributed by atoms with van der Waals surface area (Å²) < 4.78 is 0. The predicted molar refractivity (Wildman–Crippen MR) is 107 cm³/mol. The van der Waals surface area contributed by atoms with E-state index in [2.05, 4.69) is 20.9 Å². The van der Waals surface area contributed by atoms with Gasteiger partial charge in [-0.3, -0.25) is 9.79 Å². The van der Waals surface area contributed by atoms with E-state index in [9.17, 15) is 9.90 Å². The van der Waals surface area contributed by atoms with E-state index >= 15 is 0 Å². The molecule has 1 saturated carbocycles. The molecule has 0 saturated heterocycles. The summed E-state index contributed by atoms with van der Waals surface area (Å²) in [6, 6.07) is 7.42. The van der Waals surface area contributed by atoms with E-state index in [1.165, 1.54) is 0 Å². The molecule has 1 aromatic carbocycles. The Morgan fingerprint density at radius 1 is 1.23 bits per heavy atom. The van der Waals surface area contributed by atoms with E-state index in [-0.39, 0.29) is 12.0 Å². The number of hydrogen-bond acceptors (Lipinski definition) is 3. The highest BCUT2D eigenvalue weighted by Crippen LogP contribution is 2.18. The van der Waals surface area contributed by atoms with Crippen molar-refractivity contribution in [2.45, 2.75) is 57.6 Å². The molecular formula is C19H29ClN4O2. The molecule has 1 aliphatic carbocycles. The second-order valence-electron chi connectivity index (χ2n) is 6.57. The quantitative estimate of drug-likeness (QED) is 0.333. The van der Waals surface area contributed by atoms with Crippen LogP contribution in [0.5, 0.6) is 0 Å². The number of amides is 1. The fourth-order valence-corrected chi connectivity index (χ4v) is 3.05. The van der Waals surface area contributed by atoms with Crippen LogP contribution in [0.4, 0.5) is 5.69 Å². The molecule has 0 heterocycles. The fourth-order valence-electron chi connectivity index (χ4n) is 2.92. The van der Waals surface area contributed by atoms with Crippen LogP contribution in [-0.4, -0.2) is 42.2 Å². The van der Waals surface area contributed by atoms with Gasteiger partial charge in [0.15, 0.2) is 5.96 Å². The standard InChI is InChI=1S/C19H29ClN4O2/c1-2-21-19(24-16-9-11-17(25)12-10-16)22-13-3-4-18(26)23-15-7-5-14(20)6-8-15/h5-8,16-17,25H,2-4,9-13H2,1H3,(H,23,26)(H2,21,22,24). The van der Waals surface area contributed by atoms with Gasteiger partial charge in [0.2, 0.25) is 5.91 Å². The number of aliphatic hydroxyl groups is 1. The Morgan fingerprint density at radius 3 is 2.58 bits per heavy atom. The number of nitrogens with zero attached hydrogens (tertiary/aromatic N) is 1. The average molecular weight is 381 g/mol. The molecule has 6 nitrogen and oxygen atoms in total. The maximum Gasteiger partial charge on any atom is 0.224 e. The largest absolute Gasteiger partial charge is 0.393 e. The zero-order valence-electron chi connectivity index (χ0n) is 15.3. The monoisotopic (exact) mass is 380 g/mol. The highest BCUT2D eigenvalue weighted by Gasteiger charge is 2.19. The highest BCUT2D eigenvalue weighted by molar-refractivity contribution is 6.30. The van der Waals surface area contributed by atoms with E-state index in [1.54, 1.807) is 24.3 Å². The van der Waals surface area contributed by atoms with E-state index in [0.717, 1.165) is 43.9 Å². The summed E-state index contributed by atoms with van der Waals surface area (Å²) in [5.41, 5.74) is 0.748. The molecule has 0 aromatic heterocycles. The normalized spacial score (nSPS) is 20.5. The van der Waals surface area contributed by atoms with Crippen molar-refractivity contribution in [2.24, 2.45) is 4.99 Å². The summed E-state index contributed by atoms with van der Waals surface area (Å²) in [6.45, 7) is 3.40. The van der Waals surface area contributed by atoms with Crippen molar-refractivity contribution in [2.75, 3.05) is 18.4 Å². The number of nitrogens with one attached hydrogen (secondary N) is 3. The van der Waals surface area contributed by atoms with Gasteiger partial charge in [0.05, 0.1) is 6.10 Å². The molecule has 0 spiro atoms. The minimum atomic E-state index is -0.160. The van der Waals surface area contributed by atoms with Gasteiger partial charge in [-0.25, -0.2) is 0 Å². The first-order valence-electron chi connectivity index (χ1n) is 9.35. The second kappa shape index (κ2) is 11.0. The zero-order chi connectivity index (χ0) is 18.8. The molecule has 7 heteroatoms. The van der Waals surface area contributed by atoms with Crippen LogP contribution < -0.4 is 16.0 Å². The number of benzene rings is 1. The molecule has 144 valence electrons. The van der Waals surface area contributed by atoms with Crippen molar-refractivity contribution in [3.63, 3.8) is 0 Å². The number of aliphatic imine (C=N–C) groups is 1. The van der Waals surface area contributed by atoms with Crippen LogP contribution in [0.3, 0.4) is 0 Å². The Hall–Kier alpha value is -1.79. The van der Waals surface area contributed by atoms with Gasteiger partial charge in [0, 0.05) is 36.3 Å². The second-order valence-corrected chi connectivity index (χ2v) is 7.01. The summed E-state index contributed by atoms with van der Waals surface area (Å²) in [4.78, 5) is 16.5. The van der Waals surface area contributed by atoms with Crippen LogP contribution in [-0.2, 0) is 4.79 Å². The van der Waals surface area contributed by atoms with Crippen molar-refractivity contribution < 1.29 is 9.90 Å². The lowest BCUT2D eigenvalue weighted by molar-refractivity contribution is -0.116. The first-order valence-corrected chi connectivity index (χ1v) is 9.73. The third kappa shape index (κ3) is 7.62. The molecule has 4 N–H and O–H groups in total. The van der Waals surface area contributed by atoms with Crippen molar-refractivity contribution in [1.82, 2.24) is 10.6 Å². The fraction of sp³-hybridized carbons (Fsp3) is 0.579. The summed E-state index contributed by atoms with van der Waals surface area (Å²) in [7, 11) is 0. The number of anilines is 1. The summed E-state index contributed by atoms with van der Waals surface area (Å²) in [6.07, 6.45) is 4.51. The molecule has 1 amide bonds. The van der Waals surface area contributed by atoms with Gasteiger partial charge in [0.25, 0.3) is 0 Å². The van der Waals surface area contributed by atoms with Crippen LogP contribution in [0.2, 0.25) is 5.02 Å². The van der Waals surface area contributed by atoms with Crippen LogP contribution in [0, 0.1) is 0 Å². The maximum absolute atomic E-state index is 12.0. The van der Waals surface area contributed by atoms with Gasteiger partial charge in [-0.15, -0.1) is 0 Å². The van der Waals surface area contributed by atoms with E-state index < -0.39 is 0 Å². The third-order valence-corrected chi connectivity index (χ3v) is 4.59. The topological polar surface area (TPSA) is 85.8 Å². The number of aliphatic hydroxyl groups excluding tert-OH is 1. The lowest BCUT2D eigenvalue weighted by Crippen LogP contribution is -2.45. The molecule has 0 unspecified atom stereocenters. The Labute approximate surface area is 160 Å². The molecule has 0 aliphatic heterocycles. The first kappa shape index (κ1) is 20.5. The third-order valence-electron chi connectivity index (χ3n) is 4.34. The number of halogens is 1. The predicted octanol–water partition coefficient (Wildman–Crippen LogP) is 2.92. The lowest BCUT2D eigenvalue weighted by atomic mass is 9.93. The molecule has 26 heavy (non-hydrogen) atoms. The van der Waals surface area contributed by atoms with Crippen LogP contribution in [0.1, 0.15) is 45.4 Å². The average Bonchev–Trinajstić information content (AvgIpc) is 2.63. The SMILES string of the molecule is CCNC(=NCCCC(=O)Nc1ccc(Cl)cc1)NC1CCC(O)CC1. The number of carbonyl (C=O) groups is 1. The smallest absolute Gasteiger partial charge is 0.224 e. The van der Waals surface area contributed by atoms with Gasteiger partial charge < -0.3 is 21.1 Å². The minimum absolute atomic E-state index is 0.0262. The summed E-state index contributed by atoms with van der Waals surface area (Å²) in [5.74, 6) is 0.758. The number of hydrogen-bond donors (Lipinski definition) is 4. The summed E-state index contributed by atoms with van der Waals surface area (Å²) >= 11 is 5.83. The van der Waals surface area contributed by atoms with Gasteiger partial charge >= 0.3 is 0 Å². The van der Waals surface area contributed by atoms with Gasteiger partial charge in [-0.2, -0.15) is 0 Å². The summed E-state index contributed by atoms with van der Waals surface area (Å²) in [5, 5.41) is 19.8. The minimum Gasteiger partial charge on any atom is -0.393 e. The number of rotatable bonds is 7. The van der Waals surface area contributed by atoms with Gasteiger partial charge in [-0.05, 0) is 63.3 Å². The van der Waals surface area contributed by atoms with E-state index in [1.807, 2.05) is 6.92 Å². The van der Waals surface area contributed by atoms with Crippen molar-refractivity contribution in [3.05, 3.63) is 29.3 Å². The maximum atomic E-state index is 12.0. The van der Waals surface area contributed by atoms with E-state index in [4.69, 9.17) is 11.6 Å². The Balaban J connectivity index is 1.71. The molecule has 1 aliphatic rings. The zero-order valence-corrected chi connectivity index (χ0v) is 16.1. The lowest BCUT2D eigenvalue weighted by Gasteiger charge is -2.27. The molecule has 0 radical (unpaired) electrons. The van der Waals surface area contributed by atoms with E-state index in [0.29, 0.717) is 30.5 Å². The highest BCUT2D eigenvalue weighted by atomic mass is 35.5. The Morgan fingerprint density at radius 2 is 1.92 bits per heavy atom. The molecule has 0 atom stereocenters. The molecule has 1 aromatic rings. The van der Waals surface area contributed by atoms with Crippen molar-refractivity contribution in [3.8, 4) is 0 Å². The van der Waals surface area contributed by atoms with Crippen molar-refractivity contribution >= 4 is 29.2 Å². The number of carbonyl (C=O) groups excluding carboxylic acids is 1. The van der Waals surface area contributed by atoms with Gasteiger partial charge in [-0.1, -0.05) is 11.6 Å². The number of guanidine groups is 1. The molecular weight excluding hydrogens is 352 g/mol. The Kier molecular flexibility index (Phi) is 8.71.